The third-order valence-electron chi connectivity index (χ3n) is 4.40. The highest BCUT2D eigenvalue weighted by atomic mass is 16.1. The van der Waals surface area contributed by atoms with Crippen molar-refractivity contribution in [3.8, 4) is 0 Å². The summed E-state index contributed by atoms with van der Waals surface area (Å²) in [5.74, 6) is 0.523. The number of H-pyrrole nitrogens is 1. The number of fused-ring (bicyclic) bond motifs is 2. The van der Waals surface area contributed by atoms with Crippen molar-refractivity contribution in [1.82, 2.24) is 15.0 Å². The van der Waals surface area contributed by atoms with E-state index in [4.69, 9.17) is 0 Å². The number of nitrogens with one attached hydrogen (secondary N) is 2. The van der Waals surface area contributed by atoms with E-state index in [2.05, 4.69) is 20.3 Å². The van der Waals surface area contributed by atoms with Crippen LogP contribution in [-0.4, -0.2) is 20.9 Å². The van der Waals surface area contributed by atoms with Crippen LogP contribution in [0, 0.1) is 0 Å². The van der Waals surface area contributed by atoms with Crippen LogP contribution in [-0.2, 0) is 11.2 Å². The molecule has 4 rings (SSSR count). The van der Waals surface area contributed by atoms with Gasteiger partial charge in [0, 0.05) is 24.4 Å². The lowest BCUT2D eigenvalue weighted by molar-refractivity contribution is -0.116. The minimum absolute atomic E-state index is 0.0745. The van der Waals surface area contributed by atoms with E-state index in [0.717, 1.165) is 16.6 Å². The first kappa shape index (κ1) is 16.9. The molecule has 0 aliphatic heterocycles. The maximum Gasteiger partial charge on any atom is 0.258 e. The highest BCUT2D eigenvalue weighted by Crippen LogP contribution is 2.21. The van der Waals surface area contributed by atoms with E-state index in [1.54, 1.807) is 12.3 Å². The molecule has 0 saturated heterocycles. The largest absolute Gasteiger partial charge is 0.325 e. The van der Waals surface area contributed by atoms with Gasteiger partial charge in [0.05, 0.1) is 22.1 Å². The zero-order valence-corrected chi connectivity index (χ0v) is 14.6. The quantitative estimate of drug-likeness (QED) is 0.572. The Morgan fingerprint density at radius 1 is 0.963 bits per heavy atom. The van der Waals surface area contributed by atoms with Gasteiger partial charge in [-0.1, -0.05) is 18.2 Å². The number of carbonyl (C=O) groups excluding carboxylic acids is 1. The lowest BCUT2D eigenvalue weighted by Gasteiger charge is -2.08. The van der Waals surface area contributed by atoms with E-state index in [-0.39, 0.29) is 11.5 Å². The van der Waals surface area contributed by atoms with Crippen molar-refractivity contribution in [1.29, 1.82) is 0 Å². The van der Waals surface area contributed by atoms with Gasteiger partial charge in [0.2, 0.25) is 5.91 Å². The van der Waals surface area contributed by atoms with E-state index in [0.29, 0.717) is 36.0 Å². The molecule has 0 saturated carbocycles. The molecule has 0 spiro atoms. The zero-order valence-electron chi connectivity index (χ0n) is 14.6. The first-order chi connectivity index (χ1) is 13.2. The van der Waals surface area contributed by atoms with Gasteiger partial charge in [-0.15, -0.1) is 0 Å². The molecule has 0 radical (unpaired) electrons. The summed E-state index contributed by atoms with van der Waals surface area (Å²) in [6.45, 7) is 0. The third kappa shape index (κ3) is 3.69. The van der Waals surface area contributed by atoms with Crippen LogP contribution in [0.1, 0.15) is 18.7 Å². The fourth-order valence-electron chi connectivity index (χ4n) is 3.09. The summed E-state index contributed by atoms with van der Waals surface area (Å²) in [4.78, 5) is 35.9. The molecule has 1 amide bonds. The molecule has 2 heterocycles. The Labute approximate surface area is 155 Å². The number of benzene rings is 2. The summed E-state index contributed by atoms with van der Waals surface area (Å²) in [5, 5.41) is 4.42. The van der Waals surface area contributed by atoms with Crippen LogP contribution in [0.4, 0.5) is 5.69 Å². The normalized spacial score (nSPS) is 11.0. The number of pyridine rings is 1. The van der Waals surface area contributed by atoms with E-state index in [1.165, 1.54) is 0 Å². The molecule has 2 aromatic carbocycles. The molecule has 0 atom stereocenters. The Morgan fingerprint density at radius 3 is 2.70 bits per heavy atom. The van der Waals surface area contributed by atoms with Crippen molar-refractivity contribution < 1.29 is 4.79 Å². The van der Waals surface area contributed by atoms with Crippen molar-refractivity contribution in [2.24, 2.45) is 0 Å². The van der Waals surface area contributed by atoms with Crippen LogP contribution >= 0.6 is 0 Å². The number of aromatic amines is 1. The molecule has 134 valence electrons. The zero-order chi connectivity index (χ0) is 18.6. The maximum atomic E-state index is 12.3. The molecule has 2 aromatic heterocycles. The molecule has 6 heteroatoms. The second-order valence-corrected chi connectivity index (χ2v) is 6.31. The molecule has 0 aliphatic rings. The van der Waals surface area contributed by atoms with E-state index >= 15 is 0 Å². The minimum atomic E-state index is -0.150. The fourth-order valence-corrected chi connectivity index (χ4v) is 3.09. The first-order valence-corrected chi connectivity index (χ1v) is 8.82. The van der Waals surface area contributed by atoms with E-state index in [1.807, 2.05) is 48.5 Å². The van der Waals surface area contributed by atoms with Crippen molar-refractivity contribution in [2.45, 2.75) is 19.3 Å². The van der Waals surface area contributed by atoms with Crippen LogP contribution in [0.25, 0.3) is 21.8 Å². The highest BCUT2D eigenvalue weighted by molar-refractivity contribution is 6.00. The SMILES string of the molecule is O=C(CCCc1nc2ccccc2c(=O)[nH]1)Nc1cccc2ncccc12. The average molecular weight is 358 g/mol. The molecule has 0 unspecified atom stereocenters. The maximum absolute atomic E-state index is 12.3. The first-order valence-electron chi connectivity index (χ1n) is 8.82. The van der Waals surface area contributed by atoms with Gasteiger partial charge in [-0.3, -0.25) is 14.6 Å². The van der Waals surface area contributed by atoms with Gasteiger partial charge in [-0.2, -0.15) is 0 Å². The lowest BCUT2D eigenvalue weighted by Crippen LogP contribution is -2.14. The minimum Gasteiger partial charge on any atom is -0.325 e. The van der Waals surface area contributed by atoms with Crippen molar-refractivity contribution in [3.05, 3.63) is 77.0 Å². The number of para-hydroxylation sites is 1. The Morgan fingerprint density at radius 2 is 1.78 bits per heavy atom. The number of hydrogen-bond acceptors (Lipinski definition) is 4. The number of amides is 1. The monoisotopic (exact) mass is 358 g/mol. The van der Waals surface area contributed by atoms with Gasteiger partial charge in [0.25, 0.3) is 5.56 Å². The molecule has 0 fully saturated rings. The molecule has 6 nitrogen and oxygen atoms in total. The van der Waals surface area contributed by atoms with Gasteiger partial charge in [-0.05, 0) is 42.8 Å². The Hall–Kier alpha value is -3.54. The van der Waals surface area contributed by atoms with E-state index < -0.39 is 0 Å². The fraction of sp³-hybridized carbons (Fsp3) is 0.143. The Balaban J connectivity index is 1.40. The number of carbonyl (C=O) groups is 1. The number of rotatable bonds is 5. The summed E-state index contributed by atoms with van der Waals surface area (Å²) in [6, 6.07) is 16.6. The van der Waals surface area contributed by atoms with E-state index in [9.17, 15) is 9.59 Å². The lowest BCUT2D eigenvalue weighted by atomic mass is 10.1. The van der Waals surface area contributed by atoms with Crippen molar-refractivity contribution in [3.63, 3.8) is 0 Å². The highest BCUT2D eigenvalue weighted by Gasteiger charge is 2.08. The predicted octanol–water partition coefficient (Wildman–Crippen LogP) is 3.43. The number of aryl methyl sites for hydroxylation is 1. The Bertz CT molecular complexity index is 1180. The van der Waals surface area contributed by atoms with Gasteiger partial charge >= 0.3 is 0 Å². The standard InChI is InChI=1S/C21H18N4O2/c26-20(24-17-10-3-9-16-14(17)7-5-13-22-16)12-4-11-19-23-18-8-2-1-6-15(18)21(27)25-19/h1-3,5-10,13H,4,11-12H2,(H,24,26)(H,23,25,27). The van der Waals surface area contributed by atoms with Crippen LogP contribution in [0.2, 0.25) is 0 Å². The second-order valence-electron chi connectivity index (χ2n) is 6.31. The molecular weight excluding hydrogens is 340 g/mol. The molecule has 4 aromatic rings. The summed E-state index contributed by atoms with van der Waals surface area (Å²) in [7, 11) is 0. The number of anilines is 1. The smallest absolute Gasteiger partial charge is 0.258 e. The Kier molecular flexibility index (Phi) is 4.61. The molecule has 0 bridgehead atoms. The summed E-state index contributed by atoms with van der Waals surface area (Å²) < 4.78 is 0. The number of aromatic nitrogens is 3. The topological polar surface area (TPSA) is 87.7 Å². The van der Waals surface area contributed by atoms with Crippen LogP contribution in [0.5, 0.6) is 0 Å². The predicted molar refractivity (Wildman–Crippen MR) is 106 cm³/mol. The van der Waals surface area contributed by atoms with Gasteiger partial charge in [0.1, 0.15) is 5.82 Å². The third-order valence-corrected chi connectivity index (χ3v) is 4.40. The number of nitrogens with zero attached hydrogens (tertiary/aromatic N) is 2. The van der Waals surface area contributed by atoms with Gasteiger partial charge in [-0.25, -0.2) is 4.98 Å². The summed E-state index contributed by atoms with van der Waals surface area (Å²) in [6.07, 6.45) is 3.19. The molecule has 27 heavy (non-hydrogen) atoms. The summed E-state index contributed by atoms with van der Waals surface area (Å²) >= 11 is 0. The van der Waals surface area contributed by atoms with Crippen LogP contribution < -0.4 is 10.9 Å². The van der Waals surface area contributed by atoms with Crippen molar-refractivity contribution in [2.75, 3.05) is 5.32 Å². The van der Waals surface area contributed by atoms with Crippen LogP contribution in [0.3, 0.4) is 0 Å². The average Bonchev–Trinajstić information content (AvgIpc) is 2.68. The summed E-state index contributed by atoms with van der Waals surface area (Å²) in [5.41, 5.74) is 2.11. The molecular formula is C21H18N4O2. The van der Waals surface area contributed by atoms with Crippen molar-refractivity contribution >= 4 is 33.4 Å². The molecule has 2 N–H and O–H groups in total. The van der Waals surface area contributed by atoms with Gasteiger partial charge in [0.15, 0.2) is 0 Å². The molecule has 0 aliphatic carbocycles. The second kappa shape index (κ2) is 7.37. The van der Waals surface area contributed by atoms with Gasteiger partial charge < -0.3 is 10.3 Å². The number of hydrogen-bond donors (Lipinski definition) is 2. The van der Waals surface area contributed by atoms with Crippen LogP contribution in [0.15, 0.2) is 65.6 Å².